The summed E-state index contributed by atoms with van der Waals surface area (Å²) in [5.41, 5.74) is 3.37. The van der Waals surface area contributed by atoms with Crippen LogP contribution in [0.15, 0.2) is 59.1 Å². The van der Waals surface area contributed by atoms with E-state index >= 15 is 0 Å². The summed E-state index contributed by atoms with van der Waals surface area (Å²) in [6.07, 6.45) is 0. The minimum absolute atomic E-state index is 0.0527. The Hall–Kier alpha value is -2.20. The number of hydrogen-bond acceptors (Lipinski definition) is 2. The molecular formula is C20H19BrN2O. The number of rotatable bonds is 4. The maximum atomic E-state index is 12.9. The number of carbonyl (C=O) groups excluding carboxylic acids is 1. The lowest BCUT2D eigenvalue weighted by Crippen LogP contribution is -2.30. The molecule has 0 aliphatic carbocycles. The Morgan fingerprint density at radius 3 is 2.38 bits per heavy atom. The summed E-state index contributed by atoms with van der Waals surface area (Å²) in [7, 11) is 0. The second-order valence-corrected chi connectivity index (χ2v) is 6.47. The molecule has 0 saturated heterocycles. The van der Waals surface area contributed by atoms with E-state index in [4.69, 9.17) is 4.98 Å². The lowest BCUT2D eigenvalue weighted by Gasteiger charge is -2.20. The number of benzene rings is 2. The van der Waals surface area contributed by atoms with Crippen molar-refractivity contribution in [3.63, 3.8) is 0 Å². The highest BCUT2D eigenvalue weighted by atomic mass is 79.9. The molecule has 0 aliphatic rings. The summed E-state index contributed by atoms with van der Waals surface area (Å²) in [6, 6.07) is 17.7. The molecule has 1 heterocycles. The van der Waals surface area contributed by atoms with Crippen molar-refractivity contribution in [3.05, 3.63) is 64.6 Å². The first-order valence-electron chi connectivity index (χ1n) is 8.09. The fraction of sp³-hybridized carbons (Fsp3) is 0.200. The Bertz CT molecular complexity index is 870. The SMILES string of the molecule is CCN(CC)C(=O)c1cc(-c2ccc(Br)cc2)nc2ccccc12. The van der Waals surface area contributed by atoms with E-state index in [1.54, 1.807) is 0 Å². The highest BCUT2D eigenvalue weighted by molar-refractivity contribution is 9.10. The number of para-hydroxylation sites is 1. The van der Waals surface area contributed by atoms with Crippen molar-refractivity contribution in [2.45, 2.75) is 13.8 Å². The Kier molecular flexibility index (Phi) is 4.95. The second-order valence-electron chi connectivity index (χ2n) is 5.56. The van der Waals surface area contributed by atoms with Gasteiger partial charge in [0.2, 0.25) is 0 Å². The van der Waals surface area contributed by atoms with Gasteiger partial charge in [-0.25, -0.2) is 4.98 Å². The van der Waals surface area contributed by atoms with Crippen LogP contribution in [0.5, 0.6) is 0 Å². The number of carbonyl (C=O) groups is 1. The predicted molar refractivity (Wildman–Crippen MR) is 102 cm³/mol. The molecule has 0 bridgehead atoms. The monoisotopic (exact) mass is 382 g/mol. The van der Waals surface area contributed by atoms with Gasteiger partial charge in [-0.2, -0.15) is 0 Å². The number of pyridine rings is 1. The van der Waals surface area contributed by atoms with E-state index in [9.17, 15) is 4.79 Å². The van der Waals surface area contributed by atoms with Crippen molar-refractivity contribution >= 4 is 32.7 Å². The average molecular weight is 383 g/mol. The summed E-state index contributed by atoms with van der Waals surface area (Å²) < 4.78 is 1.02. The minimum Gasteiger partial charge on any atom is -0.339 e. The highest BCUT2D eigenvalue weighted by Gasteiger charge is 2.17. The van der Waals surface area contributed by atoms with E-state index in [1.807, 2.05) is 73.3 Å². The predicted octanol–water partition coefficient (Wildman–Crippen LogP) is 5.15. The summed E-state index contributed by atoms with van der Waals surface area (Å²) in [5, 5.41) is 0.898. The number of hydrogen-bond donors (Lipinski definition) is 0. The van der Waals surface area contributed by atoms with Gasteiger partial charge >= 0.3 is 0 Å². The summed E-state index contributed by atoms with van der Waals surface area (Å²) in [6.45, 7) is 5.39. The minimum atomic E-state index is 0.0527. The van der Waals surface area contributed by atoms with Gasteiger partial charge in [-0.05, 0) is 38.1 Å². The van der Waals surface area contributed by atoms with Crippen LogP contribution in [0.3, 0.4) is 0 Å². The third kappa shape index (κ3) is 3.20. The third-order valence-electron chi connectivity index (χ3n) is 4.14. The fourth-order valence-electron chi connectivity index (χ4n) is 2.80. The first-order valence-corrected chi connectivity index (χ1v) is 8.88. The van der Waals surface area contributed by atoms with Crippen LogP contribution in [0.25, 0.3) is 22.2 Å². The zero-order valence-electron chi connectivity index (χ0n) is 13.8. The molecule has 3 rings (SSSR count). The molecule has 3 nitrogen and oxygen atoms in total. The Morgan fingerprint density at radius 1 is 1.04 bits per heavy atom. The number of aromatic nitrogens is 1. The average Bonchev–Trinajstić information content (AvgIpc) is 2.62. The van der Waals surface area contributed by atoms with Crippen LogP contribution < -0.4 is 0 Å². The number of nitrogens with zero attached hydrogens (tertiary/aromatic N) is 2. The molecule has 24 heavy (non-hydrogen) atoms. The topological polar surface area (TPSA) is 33.2 Å². The van der Waals surface area contributed by atoms with Gasteiger partial charge in [0, 0.05) is 28.5 Å². The summed E-state index contributed by atoms with van der Waals surface area (Å²) >= 11 is 3.45. The normalized spacial score (nSPS) is 10.8. The van der Waals surface area contributed by atoms with Crippen LogP contribution in [-0.4, -0.2) is 28.9 Å². The smallest absolute Gasteiger partial charge is 0.254 e. The molecule has 2 aromatic carbocycles. The van der Waals surface area contributed by atoms with Crippen molar-refractivity contribution in [3.8, 4) is 11.3 Å². The van der Waals surface area contributed by atoms with E-state index < -0.39 is 0 Å². The van der Waals surface area contributed by atoms with Gasteiger partial charge in [-0.3, -0.25) is 4.79 Å². The zero-order chi connectivity index (χ0) is 17.1. The zero-order valence-corrected chi connectivity index (χ0v) is 15.4. The van der Waals surface area contributed by atoms with Crippen molar-refractivity contribution < 1.29 is 4.79 Å². The van der Waals surface area contributed by atoms with E-state index in [1.165, 1.54) is 0 Å². The molecule has 122 valence electrons. The van der Waals surface area contributed by atoms with Crippen LogP contribution in [-0.2, 0) is 0 Å². The Labute approximate surface area is 150 Å². The molecular weight excluding hydrogens is 364 g/mol. The quantitative estimate of drug-likeness (QED) is 0.625. The number of fused-ring (bicyclic) bond motifs is 1. The van der Waals surface area contributed by atoms with E-state index in [-0.39, 0.29) is 5.91 Å². The van der Waals surface area contributed by atoms with Gasteiger partial charge in [0.1, 0.15) is 0 Å². The fourth-order valence-corrected chi connectivity index (χ4v) is 3.07. The Balaban J connectivity index is 2.19. The Morgan fingerprint density at radius 2 is 1.71 bits per heavy atom. The van der Waals surface area contributed by atoms with Gasteiger partial charge in [-0.15, -0.1) is 0 Å². The van der Waals surface area contributed by atoms with Gasteiger partial charge in [0.25, 0.3) is 5.91 Å². The van der Waals surface area contributed by atoms with Crippen LogP contribution in [0.4, 0.5) is 0 Å². The van der Waals surface area contributed by atoms with Crippen LogP contribution in [0, 0.1) is 0 Å². The van der Waals surface area contributed by atoms with Crippen molar-refractivity contribution in [1.29, 1.82) is 0 Å². The molecule has 0 atom stereocenters. The molecule has 4 heteroatoms. The maximum Gasteiger partial charge on any atom is 0.254 e. The molecule has 0 unspecified atom stereocenters. The summed E-state index contributed by atoms with van der Waals surface area (Å²) in [5.74, 6) is 0.0527. The lowest BCUT2D eigenvalue weighted by molar-refractivity contribution is 0.0775. The largest absolute Gasteiger partial charge is 0.339 e. The molecule has 0 saturated carbocycles. The van der Waals surface area contributed by atoms with E-state index in [0.717, 1.165) is 26.6 Å². The van der Waals surface area contributed by atoms with Crippen LogP contribution >= 0.6 is 15.9 Å². The molecule has 1 aromatic heterocycles. The highest BCUT2D eigenvalue weighted by Crippen LogP contribution is 2.26. The number of halogens is 1. The lowest BCUT2D eigenvalue weighted by atomic mass is 10.0. The molecule has 0 spiro atoms. The second kappa shape index (κ2) is 7.14. The van der Waals surface area contributed by atoms with Crippen LogP contribution in [0.2, 0.25) is 0 Å². The standard InChI is InChI=1S/C20H19BrN2O/c1-3-23(4-2)20(24)17-13-19(14-9-11-15(21)12-10-14)22-18-8-6-5-7-16(17)18/h5-13H,3-4H2,1-2H3. The van der Waals surface area contributed by atoms with Crippen LogP contribution in [0.1, 0.15) is 24.2 Å². The van der Waals surface area contributed by atoms with Gasteiger partial charge in [-0.1, -0.05) is 46.3 Å². The van der Waals surface area contributed by atoms with Gasteiger partial charge in [0.05, 0.1) is 16.8 Å². The molecule has 0 N–H and O–H groups in total. The first-order chi connectivity index (χ1) is 11.6. The molecule has 0 aliphatic heterocycles. The van der Waals surface area contributed by atoms with Crippen molar-refractivity contribution in [1.82, 2.24) is 9.88 Å². The van der Waals surface area contributed by atoms with E-state index in [0.29, 0.717) is 18.7 Å². The first kappa shape index (κ1) is 16.7. The molecule has 0 radical (unpaired) electrons. The molecule has 1 amide bonds. The maximum absolute atomic E-state index is 12.9. The molecule has 0 fully saturated rings. The van der Waals surface area contributed by atoms with Crippen molar-refractivity contribution in [2.24, 2.45) is 0 Å². The number of amides is 1. The van der Waals surface area contributed by atoms with Crippen molar-refractivity contribution in [2.75, 3.05) is 13.1 Å². The van der Waals surface area contributed by atoms with Gasteiger partial charge in [0.15, 0.2) is 0 Å². The van der Waals surface area contributed by atoms with Gasteiger partial charge < -0.3 is 4.90 Å². The summed E-state index contributed by atoms with van der Waals surface area (Å²) in [4.78, 5) is 19.5. The third-order valence-corrected chi connectivity index (χ3v) is 4.67. The molecule has 3 aromatic rings. The van der Waals surface area contributed by atoms with E-state index in [2.05, 4.69) is 15.9 Å².